The molecule has 3 nitrogen and oxygen atoms in total. The highest BCUT2D eigenvalue weighted by molar-refractivity contribution is 7.18. The van der Waals surface area contributed by atoms with Gasteiger partial charge in [-0.2, -0.15) is 0 Å². The summed E-state index contributed by atoms with van der Waals surface area (Å²) in [6.45, 7) is 0. The van der Waals surface area contributed by atoms with Crippen molar-refractivity contribution in [3.8, 4) is 0 Å². The number of aromatic nitrogens is 2. The summed E-state index contributed by atoms with van der Waals surface area (Å²) in [5.74, 6) is 0. The first kappa shape index (κ1) is 7.70. The molecule has 0 aliphatic rings. The Balaban J connectivity index is 2.66. The second-order valence-corrected chi connectivity index (χ2v) is 3.94. The summed E-state index contributed by atoms with van der Waals surface area (Å²) < 4.78 is 1.01. The zero-order chi connectivity index (χ0) is 9.54. The Kier molecular flexibility index (Phi) is 1.46. The van der Waals surface area contributed by atoms with Gasteiger partial charge >= 0.3 is 0 Å². The van der Waals surface area contributed by atoms with Gasteiger partial charge < -0.3 is 5.21 Å². The Hall–Kier alpha value is -1.68. The summed E-state index contributed by atoms with van der Waals surface area (Å²) in [6.07, 6.45) is 0. The predicted octanol–water partition coefficient (Wildman–Crippen LogP) is 2.08. The Bertz CT molecular complexity index is 618. The lowest BCUT2D eigenvalue weighted by Gasteiger charge is -1.98. The lowest BCUT2D eigenvalue weighted by molar-refractivity contribution is -0.639. The van der Waals surface area contributed by atoms with E-state index in [0.29, 0.717) is 10.4 Å². The molecule has 0 amide bonds. The molecular weight excluding hydrogens is 196 g/mol. The van der Waals surface area contributed by atoms with E-state index in [1.54, 1.807) is 17.4 Å². The summed E-state index contributed by atoms with van der Waals surface area (Å²) >= 11 is 1.57. The van der Waals surface area contributed by atoms with Crippen LogP contribution in [-0.2, 0) is 0 Å². The molecule has 2 heterocycles. The predicted molar refractivity (Wildman–Crippen MR) is 56.1 cm³/mol. The molecule has 0 aliphatic heterocycles. The highest BCUT2D eigenvalue weighted by atomic mass is 32.1. The van der Waals surface area contributed by atoms with E-state index in [4.69, 9.17) is 0 Å². The Morgan fingerprint density at radius 3 is 3.00 bits per heavy atom. The van der Waals surface area contributed by atoms with Gasteiger partial charge in [-0.25, -0.2) is 0 Å². The molecule has 0 saturated carbocycles. The van der Waals surface area contributed by atoms with Crippen molar-refractivity contribution in [2.24, 2.45) is 0 Å². The van der Waals surface area contributed by atoms with E-state index >= 15 is 0 Å². The fraction of sp³-hybridized carbons (Fsp3) is 0. The average Bonchev–Trinajstić information content (AvgIpc) is 2.67. The Labute approximate surface area is 83.8 Å². The maximum Gasteiger partial charge on any atom is 0.263 e. The van der Waals surface area contributed by atoms with Gasteiger partial charge in [-0.05, 0) is 16.3 Å². The van der Waals surface area contributed by atoms with Crippen LogP contribution in [0.25, 0.3) is 21.1 Å². The molecule has 0 bridgehead atoms. The second-order valence-electron chi connectivity index (χ2n) is 3.03. The first-order chi connectivity index (χ1) is 6.86. The third-order valence-corrected chi connectivity index (χ3v) is 3.13. The first-order valence-electron chi connectivity index (χ1n) is 4.22. The van der Waals surface area contributed by atoms with Crippen LogP contribution in [0.1, 0.15) is 0 Å². The minimum Gasteiger partial charge on any atom is -0.594 e. The molecule has 0 fully saturated rings. The van der Waals surface area contributed by atoms with Gasteiger partial charge in [-0.15, -0.1) is 11.3 Å². The molecule has 0 unspecified atom stereocenters. The Morgan fingerprint density at radius 1 is 1.21 bits per heavy atom. The van der Waals surface area contributed by atoms with Crippen LogP contribution in [0.5, 0.6) is 0 Å². The minimum atomic E-state index is 0.647. The molecule has 0 atom stereocenters. The van der Waals surface area contributed by atoms with E-state index in [9.17, 15) is 5.21 Å². The van der Waals surface area contributed by atoms with Crippen molar-refractivity contribution >= 4 is 32.5 Å². The molecule has 0 spiro atoms. The molecule has 0 saturated heterocycles. The minimum absolute atomic E-state index is 0.647. The summed E-state index contributed by atoms with van der Waals surface area (Å²) in [5, 5.41) is 18.4. The van der Waals surface area contributed by atoms with Gasteiger partial charge in [0.25, 0.3) is 5.52 Å². The number of hydrogen-bond donors (Lipinski definition) is 0. The van der Waals surface area contributed by atoms with E-state index in [2.05, 4.69) is 5.10 Å². The summed E-state index contributed by atoms with van der Waals surface area (Å²) in [5.41, 5.74) is 1.39. The van der Waals surface area contributed by atoms with E-state index in [1.165, 1.54) is 0 Å². The molecular formula is C10H6N2OS. The van der Waals surface area contributed by atoms with Crippen LogP contribution in [0.4, 0.5) is 0 Å². The van der Waals surface area contributed by atoms with Crippen molar-refractivity contribution in [2.45, 2.75) is 0 Å². The van der Waals surface area contributed by atoms with Crippen LogP contribution in [0.15, 0.2) is 35.7 Å². The molecule has 1 aromatic carbocycles. The van der Waals surface area contributed by atoms with Gasteiger partial charge in [-0.1, -0.05) is 18.2 Å². The van der Waals surface area contributed by atoms with E-state index in [1.807, 2.05) is 29.6 Å². The van der Waals surface area contributed by atoms with Crippen LogP contribution in [0.3, 0.4) is 0 Å². The van der Waals surface area contributed by atoms with Crippen LogP contribution < -0.4 is 4.85 Å². The number of thiophene rings is 1. The average molecular weight is 202 g/mol. The van der Waals surface area contributed by atoms with Gasteiger partial charge in [0.15, 0.2) is 0 Å². The summed E-state index contributed by atoms with van der Waals surface area (Å²) in [6, 6.07) is 9.48. The van der Waals surface area contributed by atoms with Crippen LogP contribution in [-0.4, -0.2) is 5.10 Å². The van der Waals surface area contributed by atoms with Crippen molar-refractivity contribution < 1.29 is 4.85 Å². The van der Waals surface area contributed by atoms with Crippen molar-refractivity contribution in [3.05, 3.63) is 40.9 Å². The third kappa shape index (κ3) is 0.914. The monoisotopic (exact) mass is 202 g/mol. The highest BCUT2D eigenvalue weighted by Gasteiger charge is 2.11. The number of nitrogens with zero attached hydrogens (tertiary/aromatic N) is 2. The van der Waals surface area contributed by atoms with Gasteiger partial charge in [0.2, 0.25) is 0 Å². The van der Waals surface area contributed by atoms with E-state index < -0.39 is 0 Å². The molecule has 3 aromatic rings. The SMILES string of the molecule is [O-][n+]1nc2ccccc2c2sccc21. The van der Waals surface area contributed by atoms with Crippen molar-refractivity contribution in [3.63, 3.8) is 0 Å². The largest absolute Gasteiger partial charge is 0.594 e. The second kappa shape index (κ2) is 2.65. The quantitative estimate of drug-likeness (QED) is 0.413. The smallest absolute Gasteiger partial charge is 0.263 e. The lowest BCUT2D eigenvalue weighted by Crippen LogP contribution is -2.31. The molecule has 14 heavy (non-hydrogen) atoms. The standard InChI is InChI=1S/C10H6N2OS/c13-12-9-5-6-14-10(9)7-3-1-2-4-8(7)11-12/h1-6H. The summed E-state index contributed by atoms with van der Waals surface area (Å²) in [7, 11) is 0. The zero-order valence-electron chi connectivity index (χ0n) is 7.18. The summed E-state index contributed by atoms with van der Waals surface area (Å²) in [4.78, 5) is 0.689. The molecule has 2 aromatic heterocycles. The molecule has 4 heteroatoms. The molecule has 0 radical (unpaired) electrons. The Morgan fingerprint density at radius 2 is 2.07 bits per heavy atom. The van der Waals surface area contributed by atoms with Gasteiger partial charge in [0.05, 0.1) is 0 Å². The van der Waals surface area contributed by atoms with Gasteiger partial charge in [0.1, 0.15) is 10.2 Å². The van der Waals surface area contributed by atoms with E-state index in [0.717, 1.165) is 15.6 Å². The zero-order valence-corrected chi connectivity index (χ0v) is 7.99. The number of benzene rings is 1. The van der Waals surface area contributed by atoms with Gasteiger partial charge in [0, 0.05) is 16.6 Å². The fourth-order valence-electron chi connectivity index (χ4n) is 1.56. The van der Waals surface area contributed by atoms with Crippen molar-refractivity contribution in [2.75, 3.05) is 0 Å². The molecule has 68 valence electrons. The van der Waals surface area contributed by atoms with Crippen LogP contribution in [0.2, 0.25) is 0 Å². The molecule has 3 rings (SSSR count). The highest BCUT2D eigenvalue weighted by Crippen LogP contribution is 2.25. The van der Waals surface area contributed by atoms with Crippen LogP contribution in [0, 0.1) is 5.21 Å². The normalized spacial score (nSPS) is 11.1. The lowest BCUT2D eigenvalue weighted by atomic mass is 10.2. The number of hydrogen-bond acceptors (Lipinski definition) is 3. The van der Waals surface area contributed by atoms with Crippen LogP contribution >= 0.6 is 11.3 Å². The topological polar surface area (TPSA) is 39.8 Å². The fourth-order valence-corrected chi connectivity index (χ4v) is 2.46. The van der Waals surface area contributed by atoms with E-state index in [-0.39, 0.29) is 0 Å². The number of rotatable bonds is 0. The van der Waals surface area contributed by atoms with Crippen molar-refractivity contribution in [1.29, 1.82) is 0 Å². The maximum absolute atomic E-state index is 11.5. The third-order valence-electron chi connectivity index (χ3n) is 2.20. The molecule has 0 aliphatic carbocycles. The molecule has 0 N–H and O–H groups in total. The first-order valence-corrected chi connectivity index (χ1v) is 5.10. The maximum atomic E-state index is 11.5. The van der Waals surface area contributed by atoms with Gasteiger partial charge in [-0.3, -0.25) is 0 Å². The van der Waals surface area contributed by atoms with Crippen molar-refractivity contribution in [1.82, 2.24) is 5.10 Å². The number of fused-ring (bicyclic) bond motifs is 3.